The standard InChI is InChI=1S/C13H18N2O4/c1-8(9(2)14-3)10-6-12-13(19-5-4-18-12)7-11(10)15(16)17/h6-9,14H,4-5H2,1-3H3. The van der Waals surface area contributed by atoms with Crippen molar-refractivity contribution in [2.75, 3.05) is 20.3 Å². The van der Waals surface area contributed by atoms with Gasteiger partial charge in [-0.1, -0.05) is 6.92 Å². The van der Waals surface area contributed by atoms with Gasteiger partial charge in [-0.15, -0.1) is 0 Å². The molecule has 1 heterocycles. The van der Waals surface area contributed by atoms with Crippen LogP contribution in [-0.2, 0) is 0 Å². The first-order valence-electron chi connectivity index (χ1n) is 6.29. The molecule has 0 saturated heterocycles. The Morgan fingerprint density at radius 2 is 1.84 bits per heavy atom. The number of nitrogens with one attached hydrogen (secondary N) is 1. The first-order valence-corrected chi connectivity index (χ1v) is 6.29. The van der Waals surface area contributed by atoms with Gasteiger partial charge in [0.05, 0.1) is 11.0 Å². The van der Waals surface area contributed by atoms with Gasteiger partial charge in [-0.05, 0) is 20.0 Å². The lowest BCUT2D eigenvalue weighted by Crippen LogP contribution is -2.27. The van der Waals surface area contributed by atoms with Crippen LogP contribution in [0.25, 0.3) is 0 Å². The van der Waals surface area contributed by atoms with Crippen molar-refractivity contribution >= 4 is 5.69 Å². The fourth-order valence-electron chi connectivity index (χ4n) is 2.14. The van der Waals surface area contributed by atoms with Crippen molar-refractivity contribution in [3.63, 3.8) is 0 Å². The summed E-state index contributed by atoms with van der Waals surface area (Å²) in [7, 11) is 1.84. The molecule has 6 heteroatoms. The average molecular weight is 266 g/mol. The third kappa shape index (κ3) is 2.63. The van der Waals surface area contributed by atoms with Crippen LogP contribution >= 0.6 is 0 Å². The molecule has 0 bridgehead atoms. The van der Waals surface area contributed by atoms with E-state index in [9.17, 15) is 10.1 Å². The quantitative estimate of drug-likeness (QED) is 0.667. The summed E-state index contributed by atoms with van der Waals surface area (Å²) in [5.74, 6) is 1.04. The van der Waals surface area contributed by atoms with Gasteiger partial charge < -0.3 is 14.8 Å². The van der Waals surface area contributed by atoms with Crippen molar-refractivity contribution in [2.45, 2.75) is 25.8 Å². The van der Waals surface area contributed by atoms with E-state index in [4.69, 9.17) is 9.47 Å². The van der Waals surface area contributed by atoms with Gasteiger partial charge >= 0.3 is 0 Å². The third-order valence-electron chi connectivity index (χ3n) is 3.58. The summed E-state index contributed by atoms with van der Waals surface area (Å²) in [6.45, 7) is 4.84. The molecule has 6 nitrogen and oxygen atoms in total. The topological polar surface area (TPSA) is 73.6 Å². The van der Waals surface area contributed by atoms with Crippen LogP contribution in [0.4, 0.5) is 5.69 Å². The molecule has 2 atom stereocenters. The number of hydrogen-bond donors (Lipinski definition) is 1. The summed E-state index contributed by atoms with van der Waals surface area (Å²) in [6, 6.07) is 3.31. The van der Waals surface area contributed by atoms with Gasteiger partial charge in [0, 0.05) is 17.5 Å². The summed E-state index contributed by atoms with van der Waals surface area (Å²) >= 11 is 0. The zero-order valence-corrected chi connectivity index (χ0v) is 11.3. The van der Waals surface area contributed by atoms with Crippen LogP contribution in [-0.4, -0.2) is 31.2 Å². The minimum atomic E-state index is -0.369. The maximum Gasteiger partial charge on any atom is 0.276 e. The molecule has 2 rings (SSSR count). The summed E-state index contributed by atoms with van der Waals surface area (Å²) in [5, 5.41) is 14.3. The highest BCUT2D eigenvalue weighted by molar-refractivity contribution is 5.56. The molecule has 104 valence electrons. The van der Waals surface area contributed by atoms with Crippen molar-refractivity contribution in [1.29, 1.82) is 0 Å². The minimum Gasteiger partial charge on any atom is -0.486 e. The highest BCUT2D eigenvalue weighted by Crippen LogP contribution is 2.40. The lowest BCUT2D eigenvalue weighted by molar-refractivity contribution is -0.385. The van der Waals surface area contributed by atoms with E-state index in [2.05, 4.69) is 5.32 Å². The molecule has 0 aromatic heterocycles. The fourth-order valence-corrected chi connectivity index (χ4v) is 2.14. The summed E-state index contributed by atoms with van der Waals surface area (Å²) in [4.78, 5) is 10.8. The molecule has 1 aromatic rings. The minimum absolute atomic E-state index is 0.00114. The molecule has 0 saturated carbocycles. The highest BCUT2D eigenvalue weighted by atomic mass is 16.6. The molecule has 0 fully saturated rings. The van der Waals surface area contributed by atoms with Crippen molar-refractivity contribution in [3.8, 4) is 11.5 Å². The molecule has 0 spiro atoms. The number of nitro benzene ring substituents is 1. The zero-order valence-electron chi connectivity index (χ0n) is 11.3. The summed E-state index contributed by atoms with van der Waals surface area (Å²) in [5.41, 5.74) is 0.745. The Kier molecular flexibility index (Phi) is 3.90. The van der Waals surface area contributed by atoms with E-state index in [1.807, 2.05) is 20.9 Å². The molecular formula is C13H18N2O4. The molecule has 19 heavy (non-hydrogen) atoms. The van der Waals surface area contributed by atoms with Gasteiger partial charge in [0.2, 0.25) is 0 Å². The number of fused-ring (bicyclic) bond motifs is 1. The van der Waals surface area contributed by atoms with Gasteiger partial charge in [0.25, 0.3) is 5.69 Å². The van der Waals surface area contributed by atoms with E-state index in [0.717, 1.165) is 0 Å². The predicted octanol–water partition coefficient (Wildman–Crippen LogP) is 2.08. The maximum atomic E-state index is 11.2. The molecule has 0 aliphatic carbocycles. The monoisotopic (exact) mass is 266 g/mol. The van der Waals surface area contributed by atoms with Gasteiger partial charge in [-0.25, -0.2) is 0 Å². The number of ether oxygens (including phenoxy) is 2. The molecule has 1 aliphatic heterocycles. The molecule has 1 aliphatic rings. The second-order valence-electron chi connectivity index (χ2n) is 4.68. The number of likely N-dealkylation sites (N-methyl/N-ethyl adjacent to an activating group) is 1. The van der Waals surface area contributed by atoms with Crippen molar-refractivity contribution in [2.24, 2.45) is 0 Å². The fraction of sp³-hybridized carbons (Fsp3) is 0.538. The summed E-state index contributed by atoms with van der Waals surface area (Å²) < 4.78 is 10.9. The van der Waals surface area contributed by atoms with E-state index in [0.29, 0.717) is 30.3 Å². The number of benzene rings is 1. The molecule has 0 amide bonds. The first-order chi connectivity index (χ1) is 9.04. The van der Waals surface area contributed by atoms with Crippen molar-refractivity contribution in [1.82, 2.24) is 5.32 Å². The van der Waals surface area contributed by atoms with Crippen LogP contribution in [0.15, 0.2) is 12.1 Å². The van der Waals surface area contributed by atoms with Gasteiger partial charge in [-0.2, -0.15) is 0 Å². The molecule has 1 aromatic carbocycles. The maximum absolute atomic E-state index is 11.2. The number of nitro groups is 1. The van der Waals surface area contributed by atoms with Crippen LogP contribution in [0.3, 0.4) is 0 Å². The second-order valence-corrected chi connectivity index (χ2v) is 4.68. The van der Waals surface area contributed by atoms with Crippen molar-refractivity contribution < 1.29 is 14.4 Å². The van der Waals surface area contributed by atoms with Crippen LogP contribution in [0.1, 0.15) is 25.3 Å². The predicted molar refractivity (Wildman–Crippen MR) is 71.0 cm³/mol. The normalized spacial score (nSPS) is 16.8. The highest BCUT2D eigenvalue weighted by Gasteiger charge is 2.27. The second kappa shape index (κ2) is 5.44. The smallest absolute Gasteiger partial charge is 0.276 e. The van der Waals surface area contributed by atoms with Gasteiger partial charge in [-0.3, -0.25) is 10.1 Å². The lowest BCUT2D eigenvalue weighted by atomic mass is 9.92. The Hall–Kier alpha value is -1.82. The Balaban J connectivity index is 2.48. The average Bonchev–Trinajstić information content (AvgIpc) is 2.44. The number of nitrogens with zero attached hydrogens (tertiary/aromatic N) is 1. The van der Waals surface area contributed by atoms with Crippen LogP contribution in [0, 0.1) is 10.1 Å². The van der Waals surface area contributed by atoms with E-state index in [1.165, 1.54) is 6.07 Å². The third-order valence-corrected chi connectivity index (χ3v) is 3.58. The van der Waals surface area contributed by atoms with Crippen LogP contribution in [0.5, 0.6) is 11.5 Å². The number of hydrogen-bond acceptors (Lipinski definition) is 5. The van der Waals surface area contributed by atoms with Gasteiger partial charge in [0.1, 0.15) is 13.2 Å². The van der Waals surface area contributed by atoms with E-state index in [1.54, 1.807) is 6.07 Å². The molecule has 1 N–H and O–H groups in total. The van der Waals surface area contributed by atoms with E-state index < -0.39 is 0 Å². The zero-order chi connectivity index (χ0) is 14.0. The Morgan fingerprint density at radius 1 is 1.26 bits per heavy atom. The molecule has 2 unspecified atom stereocenters. The molecule has 0 radical (unpaired) electrons. The van der Waals surface area contributed by atoms with E-state index >= 15 is 0 Å². The van der Waals surface area contributed by atoms with Crippen molar-refractivity contribution in [3.05, 3.63) is 27.8 Å². The Bertz CT molecular complexity index is 490. The van der Waals surface area contributed by atoms with Crippen LogP contribution < -0.4 is 14.8 Å². The Morgan fingerprint density at radius 3 is 2.37 bits per heavy atom. The van der Waals surface area contributed by atoms with Gasteiger partial charge in [0.15, 0.2) is 11.5 Å². The SMILES string of the molecule is CNC(C)C(C)c1cc2c(cc1[N+](=O)[O-])OCCO2. The van der Waals surface area contributed by atoms with E-state index in [-0.39, 0.29) is 22.6 Å². The lowest BCUT2D eigenvalue weighted by Gasteiger charge is -2.23. The largest absolute Gasteiger partial charge is 0.486 e. The summed E-state index contributed by atoms with van der Waals surface area (Å²) in [6.07, 6.45) is 0. The Labute approximate surface area is 111 Å². The number of rotatable bonds is 4. The van der Waals surface area contributed by atoms with Crippen LogP contribution in [0.2, 0.25) is 0 Å². The molecular weight excluding hydrogens is 248 g/mol. The first kappa shape index (κ1) is 13.6.